The maximum absolute atomic E-state index is 6.03. The third-order valence-electron chi connectivity index (χ3n) is 2.29. The zero-order valence-electron chi connectivity index (χ0n) is 8.37. The van der Waals surface area contributed by atoms with Crippen LogP contribution in [0.2, 0.25) is 10.4 Å². The standard InChI is InChI=1S/C10H11Cl2N3/c1-2-3-5-15-6-4-7-8(15)9(11)14-10(12)13-7/h4,6H,2-3,5H2,1H3. The molecule has 0 unspecified atom stereocenters. The summed E-state index contributed by atoms with van der Waals surface area (Å²) >= 11 is 11.8. The van der Waals surface area contributed by atoms with Crippen LogP contribution in [-0.2, 0) is 6.54 Å². The van der Waals surface area contributed by atoms with E-state index in [0.29, 0.717) is 5.15 Å². The number of aryl methyl sites for hydroxylation is 1. The van der Waals surface area contributed by atoms with Crippen molar-refractivity contribution in [3.05, 3.63) is 22.7 Å². The molecule has 2 heterocycles. The average molecular weight is 244 g/mol. The van der Waals surface area contributed by atoms with Crippen molar-refractivity contribution in [2.45, 2.75) is 26.3 Å². The third-order valence-corrected chi connectivity index (χ3v) is 2.73. The van der Waals surface area contributed by atoms with Crippen LogP contribution in [0.4, 0.5) is 0 Å². The van der Waals surface area contributed by atoms with Crippen molar-refractivity contribution in [1.82, 2.24) is 14.5 Å². The van der Waals surface area contributed by atoms with Gasteiger partial charge in [0.1, 0.15) is 5.52 Å². The first-order chi connectivity index (χ1) is 7.22. The lowest BCUT2D eigenvalue weighted by Gasteiger charge is -2.04. The van der Waals surface area contributed by atoms with Crippen LogP contribution in [0.3, 0.4) is 0 Å². The number of hydrogen-bond donors (Lipinski definition) is 0. The number of unbranched alkanes of at least 4 members (excludes halogenated alkanes) is 1. The molecule has 0 saturated heterocycles. The topological polar surface area (TPSA) is 30.7 Å². The minimum absolute atomic E-state index is 0.195. The first-order valence-electron chi connectivity index (χ1n) is 4.90. The summed E-state index contributed by atoms with van der Waals surface area (Å²) in [5, 5.41) is 0.617. The molecule has 0 amide bonds. The molecule has 0 aromatic carbocycles. The van der Waals surface area contributed by atoms with Gasteiger partial charge in [0.15, 0.2) is 5.15 Å². The highest BCUT2D eigenvalue weighted by Gasteiger charge is 2.09. The molecule has 0 saturated carbocycles. The van der Waals surface area contributed by atoms with Crippen LogP contribution in [0.25, 0.3) is 11.0 Å². The minimum Gasteiger partial charge on any atom is -0.344 e. The Morgan fingerprint density at radius 1 is 1.33 bits per heavy atom. The van der Waals surface area contributed by atoms with Crippen molar-refractivity contribution in [3.63, 3.8) is 0 Å². The largest absolute Gasteiger partial charge is 0.344 e. The van der Waals surface area contributed by atoms with Gasteiger partial charge in [-0.15, -0.1) is 0 Å². The minimum atomic E-state index is 0.195. The highest BCUT2D eigenvalue weighted by Crippen LogP contribution is 2.23. The molecule has 0 atom stereocenters. The van der Waals surface area contributed by atoms with E-state index in [-0.39, 0.29) is 5.28 Å². The Hall–Kier alpha value is -0.800. The molecule has 3 nitrogen and oxygen atoms in total. The first-order valence-corrected chi connectivity index (χ1v) is 5.66. The second-order valence-corrected chi connectivity index (χ2v) is 4.08. The Balaban J connectivity index is 2.49. The molecule has 0 N–H and O–H groups in total. The first kappa shape index (κ1) is 10.7. The number of fused-ring (bicyclic) bond motifs is 1. The van der Waals surface area contributed by atoms with Crippen molar-refractivity contribution < 1.29 is 0 Å². The number of aromatic nitrogens is 3. The Morgan fingerprint density at radius 3 is 2.87 bits per heavy atom. The summed E-state index contributed by atoms with van der Waals surface area (Å²) in [4.78, 5) is 8.06. The average Bonchev–Trinajstić information content (AvgIpc) is 2.58. The fourth-order valence-electron chi connectivity index (χ4n) is 1.55. The number of hydrogen-bond acceptors (Lipinski definition) is 2. The molecule has 15 heavy (non-hydrogen) atoms. The fraction of sp³-hybridized carbons (Fsp3) is 0.400. The molecule has 2 aromatic rings. The molecule has 5 heteroatoms. The van der Waals surface area contributed by atoms with Gasteiger partial charge in [0, 0.05) is 12.7 Å². The summed E-state index contributed by atoms with van der Waals surface area (Å²) in [7, 11) is 0. The second kappa shape index (κ2) is 4.37. The van der Waals surface area contributed by atoms with E-state index in [9.17, 15) is 0 Å². The van der Waals surface area contributed by atoms with Crippen LogP contribution < -0.4 is 0 Å². The van der Waals surface area contributed by atoms with Gasteiger partial charge in [0.05, 0.1) is 5.52 Å². The Morgan fingerprint density at radius 2 is 2.13 bits per heavy atom. The van der Waals surface area contributed by atoms with E-state index in [2.05, 4.69) is 21.5 Å². The molecule has 2 aromatic heterocycles. The number of rotatable bonds is 3. The molecule has 0 spiro atoms. The Labute approximate surface area is 98.0 Å². The van der Waals surface area contributed by atoms with Crippen molar-refractivity contribution >= 4 is 34.2 Å². The number of nitrogens with zero attached hydrogens (tertiary/aromatic N) is 3. The Kier molecular flexibility index (Phi) is 3.12. The van der Waals surface area contributed by atoms with Gasteiger partial charge >= 0.3 is 0 Å². The molecular weight excluding hydrogens is 233 g/mol. The SMILES string of the molecule is CCCCn1ccc2nc(Cl)nc(Cl)c21. The van der Waals surface area contributed by atoms with Crippen molar-refractivity contribution in [2.75, 3.05) is 0 Å². The van der Waals surface area contributed by atoms with E-state index in [1.807, 2.05) is 12.3 Å². The third kappa shape index (κ3) is 2.08. The van der Waals surface area contributed by atoms with Crippen molar-refractivity contribution in [1.29, 1.82) is 0 Å². The summed E-state index contributed by atoms with van der Waals surface area (Å²) < 4.78 is 2.07. The molecule has 0 bridgehead atoms. The summed E-state index contributed by atoms with van der Waals surface area (Å²) in [6.07, 6.45) is 4.23. The molecular formula is C10H11Cl2N3. The van der Waals surface area contributed by atoms with Gasteiger partial charge < -0.3 is 4.57 Å². The second-order valence-electron chi connectivity index (χ2n) is 3.38. The Bertz CT molecular complexity index is 479. The maximum atomic E-state index is 6.03. The van der Waals surface area contributed by atoms with Crippen LogP contribution in [0.15, 0.2) is 12.3 Å². The molecule has 0 fully saturated rings. The van der Waals surface area contributed by atoms with Gasteiger partial charge in [-0.05, 0) is 24.1 Å². The van der Waals surface area contributed by atoms with Crippen molar-refractivity contribution in [2.24, 2.45) is 0 Å². The van der Waals surface area contributed by atoms with Gasteiger partial charge in [-0.2, -0.15) is 0 Å². The quantitative estimate of drug-likeness (QED) is 0.610. The predicted octanol–water partition coefficient (Wildman–Crippen LogP) is 3.54. The normalized spacial score (nSPS) is 11.1. The van der Waals surface area contributed by atoms with Crippen LogP contribution in [0, 0.1) is 0 Å². The van der Waals surface area contributed by atoms with Crippen LogP contribution >= 0.6 is 23.2 Å². The molecule has 0 aliphatic rings. The van der Waals surface area contributed by atoms with E-state index in [1.165, 1.54) is 0 Å². The zero-order chi connectivity index (χ0) is 10.8. The van der Waals surface area contributed by atoms with E-state index < -0.39 is 0 Å². The highest BCUT2D eigenvalue weighted by molar-refractivity contribution is 6.35. The molecule has 2 rings (SSSR count). The maximum Gasteiger partial charge on any atom is 0.224 e. The molecule has 80 valence electrons. The van der Waals surface area contributed by atoms with E-state index in [0.717, 1.165) is 30.4 Å². The van der Waals surface area contributed by atoms with Gasteiger partial charge in [-0.1, -0.05) is 24.9 Å². The summed E-state index contributed by atoms with van der Waals surface area (Å²) in [6, 6.07) is 1.91. The van der Waals surface area contributed by atoms with Gasteiger partial charge in [-0.3, -0.25) is 0 Å². The van der Waals surface area contributed by atoms with Crippen LogP contribution in [0.5, 0.6) is 0 Å². The molecule has 0 aliphatic heterocycles. The van der Waals surface area contributed by atoms with Gasteiger partial charge in [-0.25, -0.2) is 9.97 Å². The van der Waals surface area contributed by atoms with E-state index in [4.69, 9.17) is 23.2 Å². The van der Waals surface area contributed by atoms with E-state index >= 15 is 0 Å². The summed E-state index contributed by atoms with van der Waals surface area (Å²) in [6.45, 7) is 3.09. The lowest BCUT2D eigenvalue weighted by atomic mass is 10.3. The zero-order valence-corrected chi connectivity index (χ0v) is 9.89. The van der Waals surface area contributed by atoms with Gasteiger partial charge in [0.25, 0.3) is 0 Å². The van der Waals surface area contributed by atoms with Crippen LogP contribution in [0.1, 0.15) is 19.8 Å². The van der Waals surface area contributed by atoms with E-state index in [1.54, 1.807) is 0 Å². The van der Waals surface area contributed by atoms with Crippen molar-refractivity contribution in [3.8, 4) is 0 Å². The monoisotopic (exact) mass is 243 g/mol. The van der Waals surface area contributed by atoms with Gasteiger partial charge in [0.2, 0.25) is 5.28 Å². The summed E-state index contributed by atoms with van der Waals surface area (Å²) in [5.74, 6) is 0. The smallest absolute Gasteiger partial charge is 0.224 e. The molecule has 0 aliphatic carbocycles. The highest BCUT2D eigenvalue weighted by atomic mass is 35.5. The van der Waals surface area contributed by atoms with Crippen LogP contribution in [-0.4, -0.2) is 14.5 Å². The fourth-order valence-corrected chi connectivity index (χ4v) is 2.05. The lowest BCUT2D eigenvalue weighted by Crippen LogP contribution is -1.97. The predicted molar refractivity (Wildman–Crippen MR) is 62.5 cm³/mol. The summed E-state index contributed by atoms with van der Waals surface area (Å²) in [5.41, 5.74) is 1.67. The molecule has 0 radical (unpaired) electrons. The number of halogens is 2. The lowest BCUT2D eigenvalue weighted by molar-refractivity contribution is 0.649.